The van der Waals surface area contributed by atoms with E-state index in [1.165, 1.54) is 5.56 Å². The fraction of sp³-hybridized carbons (Fsp3) is 0.368. The minimum atomic E-state index is -0.0371. The van der Waals surface area contributed by atoms with Crippen molar-refractivity contribution in [3.63, 3.8) is 0 Å². The molecule has 0 fully saturated rings. The number of aromatic nitrogens is 1. The highest BCUT2D eigenvalue weighted by Crippen LogP contribution is 2.12. The van der Waals surface area contributed by atoms with Gasteiger partial charge in [-0.2, -0.15) is 0 Å². The average molecular weight is 399 g/mol. The lowest BCUT2D eigenvalue weighted by Crippen LogP contribution is -2.27. The van der Waals surface area contributed by atoms with Crippen LogP contribution < -0.4 is 11.1 Å². The third-order valence-corrected chi connectivity index (χ3v) is 4.07. The first-order valence-electron chi connectivity index (χ1n) is 8.38. The molecule has 0 atom stereocenters. The summed E-state index contributed by atoms with van der Waals surface area (Å²) in [5, 5.41) is 2.98. The number of benzene rings is 1. The highest BCUT2D eigenvalue weighted by molar-refractivity contribution is 5.85. The second-order valence-electron chi connectivity index (χ2n) is 5.77. The highest BCUT2D eigenvalue weighted by atomic mass is 35.5. The maximum atomic E-state index is 12.1. The zero-order chi connectivity index (χ0) is 17.4. The predicted molar refractivity (Wildman–Crippen MR) is 112 cm³/mol. The van der Waals surface area contributed by atoms with Crippen LogP contribution in [0.1, 0.15) is 30.7 Å². The fourth-order valence-electron chi connectivity index (χ4n) is 2.53. The number of hydrogen-bond acceptors (Lipinski definition) is 4. The number of hydrogen-bond donors (Lipinski definition) is 2. The van der Waals surface area contributed by atoms with Crippen molar-refractivity contribution in [3.8, 4) is 0 Å². The van der Waals surface area contributed by atoms with Gasteiger partial charge >= 0.3 is 0 Å². The van der Waals surface area contributed by atoms with E-state index in [0.717, 1.165) is 30.9 Å². The Balaban J connectivity index is 0.00000312. The molecule has 2 aromatic rings. The van der Waals surface area contributed by atoms with E-state index >= 15 is 0 Å². The molecule has 7 heteroatoms. The molecule has 0 aliphatic carbocycles. The topological polar surface area (TPSA) is 71.2 Å². The number of anilines is 1. The van der Waals surface area contributed by atoms with Crippen molar-refractivity contribution in [1.29, 1.82) is 0 Å². The Morgan fingerprint density at radius 2 is 1.73 bits per heavy atom. The normalized spacial score (nSPS) is 9.96. The summed E-state index contributed by atoms with van der Waals surface area (Å²) < 4.78 is 0. The molecule has 1 aromatic heterocycles. The first-order valence-corrected chi connectivity index (χ1v) is 8.38. The van der Waals surface area contributed by atoms with Crippen LogP contribution in [0.15, 0.2) is 42.6 Å². The highest BCUT2D eigenvalue weighted by Gasteiger charge is 2.08. The van der Waals surface area contributed by atoms with E-state index in [0.29, 0.717) is 12.2 Å². The van der Waals surface area contributed by atoms with Gasteiger partial charge in [-0.25, -0.2) is 0 Å². The summed E-state index contributed by atoms with van der Waals surface area (Å²) in [6.45, 7) is 7.78. The molecule has 1 aromatic carbocycles. The summed E-state index contributed by atoms with van der Waals surface area (Å²) in [5.41, 5.74) is 9.34. The molecule has 0 radical (unpaired) electrons. The van der Waals surface area contributed by atoms with Gasteiger partial charge in [0, 0.05) is 18.8 Å². The van der Waals surface area contributed by atoms with Crippen LogP contribution in [0.25, 0.3) is 0 Å². The Morgan fingerprint density at radius 1 is 1.08 bits per heavy atom. The van der Waals surface area contributed by atoms with Crippen LogP contribution in [0.2, 0.25) is 0 Å². The second kappa shape index (κ2) is 12.5. The Hall–Kier alpha value is -1.82. The van der Waals surface area contributed by atoms with Gasteiger partial charge in [0.2, 0.25) is 5.91 Å². The minimum Gasteiger partial charge on any atom is -0.397 e. The van der Waals surface area contributed by atoms with E-state index < -0.39 is 0 Å². The van der Waals surface area contributed by atoms with E-state index in [2.05, 4.69) is 41.2 Å². The van der Waals surface area contributed by atoms with Crippen molar-refractivity contribution in [2.75, 3.05) is 18.8 Å². The Bertz CT molecular complexity index is 661. The summed E-state index contributed by atoms with van der Waals surface area (Å²) in [7, 11) is 0. The zero-order valence-electron chi connectivity index (χ0n) is 15.3. The van der Waals surface area contributed by atoms with Crippen LogP contribution in [0.4, 0.5) is 5.69 Å². The number of pyridine rings is 1. The molecule has 2 rings (SSSR count). The summed E-state index contributed by atoms with van der Waals surface area (Å²) >= 11 is 0. The summed E-state index contributed by atoms with van der Waals surface area (Å²) in [4.78, 5) is 18.6. The predicted octanol–water partition coefficient (Wildman–Crippen LogP) is 3.21. The van der Waals surface area contributed by atoms with Gasteiger partial charge in [0.1, 0.15) is 0 Å². The lowest BCUT2D eigenvalue weighted by atomic mass is 10.1. The van der Waals surface area contributed by atoms with Gasteiger partial charge in [0.25, 0.3) is 0 Å². The van der Waals surface area contributed by atoms with Gasteiger partial charge < -0.3 is 11.1 Å². The summed E-state index contributed by atoms with van der Waals surface area (Å²) in [6.07, 6.45) is 1.83. The lowest BCUT2D eigenvalue weighted by molar-refractivity contribution is -0.120. The van der Waals surface area contributed by atoms with E-state index in [4.69, 9.17) is 5.73 Å². The molecule has 0 aliphatic heterocycles. The van der Waals surface area contributed by atoms with Crippen LogP contribution >= 0.6 is 24.8 Å². The summed E-state index contributed by atoms with van der Waals surface area (Å²) in [5.74, 6) is -0.0371. The van der Waals surface area contributed by atoms with Crippen LogP contribution in [0, 0.1) is 0 Å². The lowest BCUT2D eigenvalue weighted by Gasteiger charge is -2.20. The van der Waals surface area contributed by atoms with Crippen LogP contribution in [0.3, 0.4) is 0 Å². The molecular formula is C19H28Cl2N4O. The van der Waals surface area contributed by atoms with E-state index in [1.807, 2.05) is 12.1 Å². The van der Waals surface area contributed by atoms with Gasteiger partial charge in [0.15, 0.2) is 0 Å². The van der Waals surface area contributed by atoms with E-state index in [1.54, 1.807) is 18.3 Å². The van der Waals surface area contributed by atoms with Crippen molar-refractivity contribution >= 4 is 36.4 Å². The number of nitrogens with zero attached hydrogens (tertiary/aromatic N) is 2. The van der Waals surface area contributed by atoms with Crippen molar-refractivity contribution in [3.05, 3.63) is 59.4 Å². The van der Waals surface area contributed by atoms with Gasteiger partial charge in [-0.05, 0) is 36.3 Å². The van der Waals surface area contributed by atoms with Gasteiger partial charge in [0.05, 0.1) is 18.3 Å². The van der Waals surface area contributed by atoms with E-state index in [-0.39, 0.29) is 37.1 Å². The fourth-order valence-corrected chi connectivity index (χ4v) is 2.53. The van der Waals surface area contributed by atoms with Gasteiger partial charge in [-0.15, -0.1) is 24.8 Å². The Labute approximate surface area is 168 Å². The summed E-state index contributed by atoms with van der Waals surface area (Å²) in [6, 6.07) is 11.8. The molecule has 0 saturated heterocycles. The smallest absolute Gasteiger partial charge is 0.226 e. The van der Waals surface area contributed by atoms with Crippen molar-refractivity contribution < 1.29 is 4.79 Å². The number of carbonyl (C=O) groups is 1. The number of amides is 1. The molecule has 0 saturated carbocycles. The molecule has 1 heterocycles. The quantitative estimate of drug-likeness (QED) is 0.715. The van der Waals surface area contributed by atoms with Gasteiger partial charge in [-0.3, -0.25) is 14.7 Å². The second-order valence-corrected chi connectivity index (χ2v) is 5.77. The third-order valence-electron chi connectivity index (χ3n) is 4.07. The molecular weight excluding hydrogens is 371 g/mol. The van der Waals surface area contributed by atoms with Crippen molar-refractivity contribution in [2.24, 2.45) is 0 Å². The molecule has 0 unspecified atom stereocenters. The monoisotopic (exact) mass is 398 g/mol. The van der Waals surface area contributed by atoms with Gasteiger partial charge in [-0.1, -0.05) is 38.1 Å². The van der Waals surface area contributed by atoms with Crippen LogP contribution in [-0.2, 0) is 24.3 Å². The average Bonchev–Trinajstić information content (AvgIpc) is 2.60. The number of rotatable bonds is 8. The van der Waals surface area contributed by atoms with Crippen molar-refractivity contribution in [1.82, 2.24) is 15.2 Å². The van der Waals surface area contributed by atoms with E-state index in [9.17, 15) is 4.79 Å². The number of halogens is 2. The largest absolute Gasteiger partial charge is 0.397 e. The molecule has 26 heavy (non-hydrogen) atoms. The maximum Gasteiger partial charge on any atom is 0.226 e. The molecule has 0 spiro atoms. The molecule has 3 N–H and O–H groups in total. The number of nitrogens with two attached hydrogens (primary N) is 1. The molecule has 5 nitrogen and oxygen atoms in total. The molecule has 144 valence electrons. The maximum absolute atomic E-state index is 12.1. The van der Waals surface area contributed by atoms with Crippen molar-refractivity contribution in [2.45, 2.75) is 33.4 Å². The Morgan fingerprint density at radius 3 is 2.31 bits per heavy atom. The minimum absolute atomic E-state index is 0. The number of nitrogens with one attached hydrogen (secondary N) is 1. The van der Waals surface area contributed by atoms with Crippen LogP contribution in [-0.4, -0.2) is 28.9 Å². The molecule has 1 amide bonds. The first kappa shape index (κ1) is 24.2. The Kier molecular flexibility index (Phi) is 11.6. The number of nitrogen functional groups attached to an aromatic ring is 1. The third kappa shape index (κ3) is 7.60. The standard InChI is InChI=1S/C19H26N4O.2ClH/c1-3-23(4-2)14-16-8-6-5-7-15(16)12-22-19(24)11-18-10-9-17(20)13-21-18;;/h5-10,13H,3-4,11-12,14,20H2,1-2H3,(H,22,24);2*1H. The first-order chi connectivity index (χ1) is 11.6. The number of carbonyl (C=O) groups excluding carboxylic acids is 1. The zero-order valence-corrected chi connectivity index (χ0v) is 16.9. The SMILES string of the molecule is CCN(CC)Cc1ccccc1CNC(=O)Cc1ccc(N)cn1.Cl.Cl. The molecule has 0 bridgehead atoms. The molecule has 0 aliphatic rings. The van der Waals surface area contributed by atoms with Crippen LogP contribution in [0.5, 0.6) is 0 Å².